The van der Waals surface area contributed by atoms with Crippen molar-refractivity contribution in [2.75, 3.05) is 0 Å². The van der Waals surface area contributed by atoms with Gasteiger partial charge in [0.15, 0.2) is 30.6 Å². The molecule has 3 rings (SSSR count). The van der Waals surface area contributed by atoms with Gasteiger partial charge in [0.25, 0.3) is 0 Å². The third kappa shape index (κ3) is 6.41. The minimum absolute atomic E-state index is 0.107. The van der Waals surface area contributed by atoms with Crippen molar-refractivity contribution in [1.82, 2.24) is 5.06 Å². The van der Waals surface area contributed by atoms with Gasteiger partial charge in [-0.3, -0.25) is 9.63 Å². The van der Waals surface area contributed by atoms with Crippen LogP contribution in [0.3, 0.4) is 0 Å². The monoisotopic (exact) mass is 574 g/mol. The molecule has 2 aliphatic rings. The SMILES string of the molecule is CC(C)(C)[Si](C)(C)OC1C(O[Si](C)(C)C)C2(C=CC1(C#N)O[Si](C)(C)C)CC(=O)N2OCc1ccccc1. The number of β-lactam (4-membered cyclic amide) rings is 1. The van der Waals surface area contributed by atoms with Gasteiger partial charge >= 0.3 is 0 Å². The molecule has 210 valence electrons. The highest BCUT2D eigenvalue weighted by Crippen LogP contribution is 2.50. The smallest absolute Gasteiger partial charge is 0.249 e. The van der Waals surface area contributed by atoms with Crippen molar-refractivity contribution in [3.8, 4) is 6.07 Å². The molecular formula is C28H46N2O5Si3. The summed E-state index contributed by atoms with van der Waals surface area (Å²) in [4.78, 5) is 19.2. The van der Waals surface area contributed by atoms with E-state index in [9.17, 15) is 10.1 Å². The molecular weight excluding hydrogens is 529 g/mol. The average Bonchev–Trinajstić information content (AvgIpc) is 2.75. The van der Waals surface area contributed by atoms with Crippen LogP contribution in [0.4, 0.5) is 0 Å². The summed E-state index contributed by atoms with van der Waals surface area (Å²) in [6.07, 6.45) is 2.60. The van der Waals surface area contributed by atoms with Crippen molar-refractivity contribution in [3.63, 3.8) is 0 Å². The van der Waals surface area contributed by atoms with E-state index in [1.54, 1.807) is 0 Å². The molecule has 0 aromatic heterocycles. The van der Waals surface area contributed by atoms with Crippen LogP contribution in [0, 0.1) is 11.3 Å². The molecule has 1 heterocycles. The zero-order valence-corrected chi connectivity index (χ0v) is 28.0. The molecule has 1 aliphatic carbocycles. The Morgan fingerprint density at radius 3 is 2.03 bits per heavy atom. The number of carbonyl (C=O) groups is 1. The van der Waals surface area contributed by atoms with Gasteiger partial charge in [-0.2, -0.15) is 5.26 Å². The first-order valence-corrected chi connectivity index (χ1v) is 23.2. The molecule has 1 amide bonds. The fourth-order valence-corrected chi connectivity index (χ4v) is 8.25. The molecule has 0 N–H and O–H groups in total. The van der Waals surface area contributed by atoms with E-state index in [0.29, 0.717) is 0 Å². The van der Waals surface area contributed by atoms with E-state index in [4.69, 9.17) is 18.1 Å². The molecule has 1 saturated heterocycles. The van der Waals surface area contributed by atoms with Crippen molar-refractivity contribution < 1.29 is 22.9 Å². The molecule has 10 heteroatoms. The molecule has 7 nitrogen and oxygen atoms in total. The van der Waals surface area contributed by atoms with Crippen LogP contribution < -0.4 is 0 Å². The first-order chi connectivity index (χ1) is 17.3. The molecule has 0 bridgehead atoms. The van der Waals surface area contributed by atoms with Crippen molar-refractivity contribution in [3.05, 3.63) is 48.0 Å². The Morgan fingerprint density at radius 1 is 0.947 bits per heavy atom. The largest absolute Gasteiger partial charge is 0.409 e. The second-order valence-electron chi connectivity index (χ2n) is 14.0. The Labute approximate surface area is 232 Å². The molecule has 1 spiro atoms. The van der Waals surface area contributed by atoms with E-state index in [2.05, 4.69) is 79.2 Å². The number of nitriles is 1. The number of hydrogen-bond donors (Lipinski definition) is 0. The van der Waals surface area contributed by atoms with Crippen LogP contribution in [0.1, 0.15) is 32.8 Å². The predicted molar refractivity (Wildman–Crippen MR) is 158 cm³/mol. The second-order valence-corrected chi connectivity index (χ2v) is 27.7. The maximum Gasteiger partial charge on any atom is 0.249 e. The number of carbonyl (C=O) groups excluding carboxylic acids is 1. The fraction of sp³-hybridized carbons (Fsp3) is 0.643. The van der Waals surface area contributed by atoms with Gasteiger partial charge in [0.1, 0.15) is 30.4 Å². The third-order valence-corrected chi connectivity index (χ3v) is 13.8. The lowest BCUT2D eigenvalue weighted by Gasteiger charge is -2.60. The van der Waals surface area contributed by atoms with Crippen LogP contribution in [0.25, 0.3) is 0 Å². The standard InChI is InChI=1S/C28H46N2O5Si3/c1-26(2,3)38(10,11)34-25-24(33-36(4,5)6)27(17-18-28(25,21-29)35-37(7,8)9)19-23(31)30(27)32-20-22-15-13-12-14-16-22/h12-18,24-25H,19-20H2,1-11H3. The second kappa shape index (κ2) is 10.4. The van der Waals surface area contributed by atoms with Gasteiger partial charge in [0.2, 0.25) is 5.91 Å². The first kappa shape index (κ1) is 30.9. The normalized spacial score (nSPS) is 28.4. The number of nitrogens with zero attached hydrogens (tertiary/aromatic N) is 2. The van der Waals surface area contributed by atoms with Crippen LogP contribution in [0.5, 0.6) is 0 Å². The van der Waals surface area contributed by atoms with Gasteiger partial charge in [0, 0.05) is 0 Å². The molecule has 38 heavy (non-hydrogen) atoms. The maximum absolute atomic E-state index is 13.0. The van der Waals surface area contributed by atoms with Crippen molar-refractivity contribution in [1.29, 1.82) is 5.26 Å². The van der Waals surface area contributed by atoms with Crippen LogP contribution in [-0.4, -0.2) is 59.3 Å². The van der Waals surface area contributed by atoms with Gasteiger partial charge in [-0.1, -0.05) is 57.2 Å². The fourth-order valence-electron chi connectivity index (χ4n) is 4.63. The van der Waals surface area contributed by atoms with E-state index >= 15 is 0 Å². The van der Waals surface area contributed by atoms with Crippen molar-refractivity contribution in [2.45, 2.75) is 115 Å². The number of hydrogen-bond acceptors (Lipinski definition) is 6. The lowest BCUT2D eigenvalue weighted by atomic mass is 9.70. The van der Waals surface area contributed by atoms with Crippen molar-refractivity contribution >= 4 is 30.9 Å². The van der Waals surface area contributed by atoms with Crippen LogP contribution in [0.2, 0.25) is 57.4 Å². The average molecular weight is 575 g/mol. The predicted octanol–water partition coefficient (Wildman–Crippen LogP) is 6.38. The van der Waals surface area contributed by atoms with Crippen LogP contribution >= 0.6 is 0 Å². The summed E-state index contributed by atoms with van der Waals surface area (Å²) in [7, 11) is -6.82. The zero-order valence-electron chi connectivity index (χ0n) is 25.0. The van der Waals surface area contributed by atoms with Gasteiger partial charge < -0.3 is 13.3 Å². The number of hydroxylamine groups is 2. The summed E-state index contributed by atoms with van der Waals surface area (Å²) < 4.78 is 20.7. The Balaban J connectivity index is 2.15. The van der Waals surface area contributed by atoms with Gasteiger partial charge in [0.05, 0.1) is 6.42 Å². The quantitative estimate of drug-likeness (QED) is 0.193. The van der Waals surface area contributed by atoms with Gasteiger partial charge in [-0.25, -0.2) is 5.06 Å². The molecule has 4 unspecified atom stereocenters. The molecule has 4 atom stereocenters. The van der Waals surface area contributed by atoms with E-state index in [1.807, 2.05) is 42.5 Å². The van der Waals surface area contributed by atoms with E-state index in [0.717, 1.165) is 5.56 Å². The summed E-state index contributed by atoms with van der Waals surface area (Å²) >= 11 is 0. The summed E-state index contributed by atoms with van der Waals surface area (Å²) in [6, 6.07) is 12.3. The summed E-state index contributed by atoms with van der Waals surface area (Å²) in [6.45, 7) is 23.7. The topological polar surface area (TPSA) is 81.0 Å². The molecule has 0 saturated carbocycles. The first-order valence-electron chi connectivity index (χ1n) is 13.4. The summed E-state index contributed by atoms with van der Waals surface area (Å²) in [5.74, 6) is -0.114. The van der Waals surface area contributed by atoms with Crippen molar-refractivity contribution in [2.24, 2.45) is 0 Å². The number of amides is 1. The van der Waals surface area contributed by atoms with E-state index in [1.165, 1.54) is 5.06 Å². The zero-order chi connectivity index (χ0) is 28.8. The summed E-state index contributed by atoms with van der Waals surface area (Å²) in [5, 5.41) is 12.0. The Bertz CT molecular complexity index is 1080. The minimum atomic E-state index is -2.41. The Kier molecular flexibility index (Phi) is 8.49. The summed E-state index contributed by atoms with van der Waals surface area (Å²) in [5.41, 5.74) is -1.26. The number of rotatable bonds is 9. The van der Waals surface area contributed by atoms with Gasteiger partial charge in [-0.05, 0) is 69.1 Å². The number of benzene rings is 1. The lowest BCUT2D eigenvalue weighted by Crippen LogP contribution is -2.77. The highest BCUT2D eigenvalue weighted by molar-refractivity contribution is 6.74. The maximum atomic E-state index is 13.0. The molecule has 0 radical (unpaired) electrons. The molecule has 1 aromatic carbocycles. The van der Waals surface area contributed by atoms with Crippen LogP contribution in [-0.2, 0) is 29.5 Å². The van der Waals surface area contributed by atoms with E-state index in [-0.39, 0.29) is 24.0 Å². The Hall–Kier alpha value is -1.59. The Morgan fingerprint density at radius 2 is 1.55 bits per heavy atom. The lowest BCUT2D eigenvalue weighted by molar-refractivity contribution is -0.278. The van der Waals surface area contributed by atoms with E-state index < -0.39 is 48.3 Å². The highest BCUT2D eigenvalue weighted by Gasteiger charge is 2.67. The molecule has 1 aromatic rings. The van der Waals surface area contributed by atoms with Gasteiger partial charge in [-0.15, -0.1) is 0 Å². The highest BCUT2D eigenvalue weighted by atomic mass is 28.4. The molecule has 1 fully saturated rings. The minimum Gasteiger partial charge on any atom is -0.409 e. The molecule has 1 aliphatic heterocycles. The third-order valence-electron chi connectivity index (χ3n) is 7.41. The van der Waals surface area contributed by atoms with Crippen LogP contribution in [0.15, 0.2) is 42.5 Å².